The number of rotatable bonds is 7. The van der Waals surface area contributed by atoms with Crippen LogP contribution in [0.15, 0.2) is 46.9 Å². The van der Waals surface area contributed by atoms with Crippen LogP contribution in [0.2, 0.25) is 0 Å². The first kappa shape index (κ1) is 20.5. The minimum absolute atomic E-state index is 0.362. The van der Waals surface area contributed by atoms with Crippen molar-refractivity contribution >= 4 is 27.0 Å². The van der Waals surface area contributed by atoms with Gasteiger partial charge >= 0.3 is 0 Å². The van der Waals surface area contributed by atoms with Gasteiger partial charge in [0.25, 0.3) is 0 Å². The van der Waals surface area contributed by atoms with Crippen molar-refractivity contribution in [3.8, 4) is 11.8 Å². The van der Waals surface area contributed by atoms with Gasteiger partial charge in [-0.2, -0.15) is 5.26 Å². The molecule has 2 heterocycles. The molecule has 7 heteroatoms. The Labute approximate surface area is 190 Å². The highest BCUT2D eigenvalue weighted by Gasteiger charge is 2.36. The lowest BCUT2D eigenvalue weighted by atomic mass is 9.74. The minimum Gasteiger partial charge on any atom is -0.491 e. The topological polar surface area (TPSA) is 67.0 Å². The van der Waals surface area contributed by atoms with Crippen molar-refractivity contribution in [2.75, 3.05) is 26.2 Å². The second kappa shape index (κ2) is 8.60. The van der Waals surface area contributed by atoms with Gasteiger partial charge in [-0.1, -0.05) is 35.5 Å². The van der Waals surface area contributed by atoms with E-state index in [2.05, 4.69) is 55.4 Å². The SMILES string of the molecule is N#CC1(c2ccccc2)CCN(CCOc2ccc3c(nnn3CC3CC3)c2Br)CC1. The van der Waals surface area contributed by atoms with Crippen LogP contribution in [0.25, 0.3) is 11.0 Å². The normalized spacial score (nSPS) is 18.7. The van der Waals surface area contributed by atoms with E-state index in [9.17, 15) is 5.26 Å². The summed E-state index contributed by atoms with van der Waals surface area (Å²) in [6.07, 6.45) is 4.29. The van der Waals surface area contributed by atoms with Gasteiger partial charge in [-0.15, -0.1) is 5.10 Å². The summed E-state index contributed by atoms with van der Waals surface area (Å²) < 4.78 is 8.96. The maximum absolute atomic E-state index is 9.87. The van der Waals surface area contributed by atoms with Crippen molar-refractivity contribution in [2.24, 2.45) is 5.92 Å². The molecule has 6 nitrogen and oxygen atoms in total. The van der Waals surface area contributed by atoms with E-state index in [1.807, 2.05) is 28.9 Å². The van der Waals surface area contributed by atoms with Gasteiger partial charge in [-0.3, -0.25) is 4.90 Å². The lowest BCUT2D eigenvalue weighted by Crippen LogP contribution is -2.43. The average molecular weight is 480 g/mol. The van der Waals surface area contributed by atoms with Crippen molar-refractivity contribution in [3.63, 3.8) is 0 Å². The molecule has 3 aromatic rings. The van der Waals surface area contributed by atoms with Gasteiger partial charge in [0.2, 0.25) is 0 Å². The van der Waals surface area contributed by atoms with Gasteiger partial charge in [-0.05, 0) is 65.2 Å². The number of fused-ring (bicyclic) bond motifs is 1. The molecule has 2 aliphatic rings. The van der Waals surface area contributed by atoms with Gasteiger partial charge in [0.1, 0.15) is 17.9 Å². The lowest BCUT2D eigenvalue weighted by molar-refractivity contribution is 0.156. The molecule has 0 unspecified atom stereocenters. The van der Waals surface area contributed by atoms with Crippen LogP contribution in [-0.4, -0.2) is 46.1 Å². The molecule has 0 atom stereocenters. The molecule has 160 valence electrons. The number of likely N-dealkylation sites (tertiary alicyclic amines) is 1. The summed E-state index contributed by atoms with van der Waals surface area (Å²) in [4.78, 5) is 2.39. The summed E-state index contributed by atoms with van der Waals surface area (Å²) in [5.74, 6) is 1.56. The quantitative estimate of drug-likeness (QED) is 0.497. The van der Waals surface area contributed by atoms with E-state index >= 15 is 0 Å². The maximum Gasteiger partial charge on any atom is 0.135 e. The van der Waals surface area contributed by atoms with Crippen LogP contribution in [0, 0.1) is 17.2 Å². The molecule has 1 aromatic heterocycles. The Balaban J connectivity index is 1.17. The second-order valence-corrected chi connectivity index (χ2v) is 9.50. The molecule has 1 aliphatic carbocycles. The maximum atomic E-state index is 9.87. The predicted molar refractivity (Wildman–Crippen MR) is 123 cm³/mol. The van der Waals surface area contributed by atoms with E-state index in [0.717, 1.165) is 71.8 Å². The van der Waals surface area contributed by atoms with Crippen LogP contribution < -0.4 is 4.74 Å². The van der Waals surface area contributed by atoms with Crippen molar-refractivity contribution < 1.29 is 4.74 Å². The first-order chi connectivity index (χ1) is 15.2. The largest absolute Gasteiger partial charge is 0.491 e. The summed E-state index contributed by atoms with van der Waals surface area (Å²) >= 11 is 3.66. The molecule has 2 fully saturated rings. The Morgan fingerprint density at radius 3 is 2.61 bits per heavy atom. The third-order valence-electron chi connectivity index (χ3n) is 6.63. The Bertz CT molecular complexity index is 1090. The van der Waals surface area contributed by atoms with E-state index in [0.29, 0.717) is 6.61 Å². The molecule has 1 saturated carbocycles. The summed E-state index contributed by atoms with van der Waals surface area (Å²) in [5, 5.41) is 18.5. The molecule has 2 aromatic carbocycles. The monoisotopic (exact) mass is 479 g/mol. The molecule has 1 aliphatic heterocycles. The highest BCUT2D eigenvalue weighted by molar-refractivity contribution is 9.10. The fourth-order valence-corrected chi connectivity index (χ4v) is 4.97. The highest BCUT2D eigenvalue weighted by atomic mass is 79.9. The number of benzene rings is 2. The van der Waals surface area contributed by atoms with E-state index in [-0.39, 0.29) is 5.41 Å². The van der Waals surface area contributed by atoms with Gasteiger partial charge in [-0.25, -0.2) is 4.68 Å². The van der Waals surface area contributed by atoms with E-state index < -0.39 is 0 Å². The number of nitrogens with zero attached hydrogens (tertiary/aromatic N) is 5. The highest BCUT2D eigenvalue weighted by Crippen LogP contribution is 2.36. The summed E-state index contributed by atoms with van der Waals surface area (Å²) in [6, 6.07) is 16.9. The molecular formula is C24H26BrN5O. The first-order valence-corrected chi connectivity index (χ1v) is 11.8. The van der Waals surface area contributed by atoms with Crippen molar-refractivity contribution in [3.05, 3.63) is 52.5 Å². The zero-order chi connectivity index (χ0) is 21.3. The molecular weight excluding hydrogens is 454 g/mol. The van der Waals surface area contributed by atoms with E-state index in [4.69, 9.17) is 4.74 Å². The fraction of sp³-hybridized carbons (Fsp3) is 0.458. The van der Waals surface area contributed by atoms with Gasteiger partial charge < -0.3 is 4.74 Å². The molecule has 0 N–H and O–H groups in total. The van der Waals surface area contributed by atoms with E-state index in [1.54, 1.807) is 0 Å². The zero-order valence-corrected chi connectivity index (χ0v) is 19.1. The number of ether oxygens (including phenoxy) is 1. The average Bonchev–Trinajstić information content (AvgIpc) is 3.54. The molecule has 0 radical (unpaired) electrons. The molecule has 5 rings (SSSR count). The molecule has 0 bridgehead atoms. The summed E-state index contributed by atoms with van der Waals surface area (Å²) in [6.45, 7) is 4.20. The predicted octanol–water partition coefficient (Wildman–Crippen LogP) is 4.54. The zero-order valence-electron chi connectivity index (χ0n) is 17.5. The Kier molecular flexibility index (Phi) is 5.68. The third-order valence-corrected chi connectivity index (χ3v) is 7.40. The van der Waals surface area contributed by atoms with E-state index in [1.165, 1.54) is 12.8 Å². The van der Waals surface area contributed by atoms with Crippen LogP contribution in [0.4, 0.5) is 0 Å². The first-order valence-electron chi connectivity index (χ1n) is 11.0. The number of hydrogen-bond acceptors (Lipinski definition) is 5. The molecule has 0 spiro atoms. The van der Waals surface area contributed by atoms with Gasteiger partial charge in [0, 0.05) is 26.2 Å². The van der Waals surface area contributed by atoms with Crippen LogP contribution >= 0.6 is 15.9 Å². The molecule has 0 amide bonds. The molecule has 1 saturated heterocycles. The Hall–Kier alpha value is -2.43. The Morgan fingerprint density at radius 1 is 1.13 bits per heavy atom. The number of hydrogen-bond donors (Lipinski definition) is 0. The molecule has 31 heavy (non-hydrogen) atoms. The van der Waals surface area contributed by atoms with Gasteiger partial charge in [0.05, 0.1) is 21.5 Å². The summed E-state index contributed by atoms with van der Waals surface area (Å²) in [7, 11) is 0. The smallest absolute Gasteiger partial charge is 0.135 e. The van der Waals surface area contributed by atoms with Gasteiger partial charge in [0.15, 0.2) is 0 Å². The number of nitriles is 1. The minimum atomic E-state index is -0.362. The van der Waals surface area contributed by atoms with Crippen molar-refractivity contribution in [1.29, 1.82) is 5.26 Å². The van der Waals surface area contributed by atoms with Crippen LogP contribution in [0.5, 0.6) is 5.75 Å². The van der Waals surface area contributed by atoms with Crippen LogP contribution in [0.1, 0.15) is 31.2 Å². The van der Waals surface area contributed by atoms with Crippen LogP contribution in [0.3, 0.4) is 0 Å². The number of aromatic nitrogens is 3. The lowest BCUT2D eigenvalue weighted by Gasteiger charge is -2.37. The van der Waals surface area contributed by atoms with Crippen molar-refractivity contribution in [2.45, 2.75) is 37.6 Å². The van der Waals surface area contributed by atoms with Crippen LogP contribution in [-0.2, 0) is 12.0 Å². The fourth-order valence-electron chi connectivity index (χ4n) is 4.44. The third kappa shape index (κ3) is 4.19. The second-order valence-electron chi connectivity index (χ2n) is 8.71. The standard InChI is InChI=1S/C24H26BrN5O/c25-22-21(9-8-20-23(22)27-28-30(20)16-18-6-7-18)31-15-14-29-12-10-24(17-26,11-13-29)19-4-2-1-3-5-19/h1-5,8-9,18H,6-7,10-16H2. The number of piperidine rings is 1. The van der Waals surface area contributed by atoms with Crippen molar-refractivity contribution in [1.82, 2.24) is 19.9 Å². The summed E-state index contributed by atoms with van der Waals surface area (Å²) in [5.41, 5.74) is 2.69. The number of halogens is 1. The Morgan fingerprint density at radius 2 is 1.90 bits per heavy atom.